The molecule has 7 heteroatoms. The molecule has 0 saturated carbocycles. The second-order valence-corrected chi connectivity index (χ2v) is 7.36. The van der Waals surface area contributed by atoms with Crippen LogP contribution in [0, 0.1) is 0 Å². The summed E-state index contributed by atoms with van der Waals surface area (Å²) in [4.78, 5) is 12.3. The summed E-state index contributed by atoms with van der Waals surface area (Å²) in [5.41, 5.74) is 7.11. The summed E-state index contributed by atoms with van der Waals surface area (Å²) < 4.78 is 23.4. The van der Waals surface area contributed by atoms with Gasteiger partial charge in [0.05, 0.1) is 10.6 Å². The van der Waals surface area contributed by atoms with Crippen molar-refractivity contribution in [2.75, 3.05) is 17.3 Å². The summed E-state index contributed by atoms with van der Waals surface area (Å²) in [6, 6.07) is 10.8. The van der Waals surface area contributed by atoms with Crippen LogP contribution in [0.1, 0.15) is 10.4 Å². The smallest absolute Gasteiger partial charge is 0.255 e. The van der Waals surface area contributed by atoms with Crippen LogP contribution in [0.15, 0.2) is 51.8 Å². The molecule has 1 amide bonds. The maximum atomic E-state index is 12.1. The summed E-state index contributed by atoms with van der Waals surface area (Å²) in [5.74, 6) is -0.346. The van der Waals surface area contributed by atoms with E-state index in [1.54, 1.807) is 18.2 Å². The second-order valence-electron chi connectivity index (χ2n) is 4.49. The minimum atomic E-state index is -3.27. The van der Waals surface area contributed by atoms with Crippen LogP contribution in [0.5, 0.6) is 0 Å². The molecule has 0 atom stereocenters. The lowest BCUT2D eigenvalue weighted by Gasteiger charge is -2.08. The maximum Gasteiger partial charge on any atom is 0.255 e. The first-order valence-electron chi connectivity index (χ1n) is 5.94. The van der Waals surface area contributed by atoms with E-state index in [0.29, 0.717) is 21.4 Å². The van der Waals surface area contributed by atoms with E-state index in [0.717, 1.165) is 6.26 Å². The van der Waals surface area contributed by atoms with Gasteiger partial charge in [-0.3, -0.25) is 4.79 Å². The Morgan fingerprint density at radius 3 is 2.33 bits per heavy atom. The molecule has 21 heavy (non-hydrogen) atoms. The van der Waals surface area contributed by atoms with Crippen molar-refractivity contribution in [3.63, 3.8) is 0 Å². The first-order chi connectivity index (χ1) is 9.77. The largest absolute Gasteiger partial charge is 0.399 e. The number of carbonyl (C=O) groups excluding carboxylic acids is 1. The van der Waals surface area contributed by atoms with Gasteiger partial charge >= 0.3 is 0 Å². The molecule has 0 fully saturated rings. The predicted octanol–water partition coefficient (Wildman–Crippen LogP) is 2.69. The Labute approximate surface area is 131 Å². The molecule has 0 aliphatic carbocycles. The van der Waals surface area contributed by atoms with E-state index >= 15 is 0 Å². The van der Waals surface area contributed by atoms with E-state index in [4.69, 9.17) is 5.73 Å². The average Bonchev–Trinajstić information content (AvgIpc) is 2.42. The van der Waals surface area contributed by atoms with Gasteiger partial charge in [-0.25, -0.2) is 8.42 Å². The molecular weight excluding hydrogens is 356 g/mol. The number of sulfone groups is 1. The first-order valence-corrected chi connectivity index (χ1v) is 8.62. The Morgan fingerprint density at radius 1 is 1.14 bits per heavy atom. The van der Waals surface area contributed by atoms with Crippen molar-refractivity contribution in [1.82, 2.24) is 0 Å². The quantitative estimate of drug-likeness (QED) is 0.815. The number of nitrogens with one attached hydrogen (secondary N) is 1. The van der Waals surface area contributed by atoms with Gasteiger partial charge in [-0.2, -0.15) is 0 Å². The highest BCUT2D eigenvalue weighted by atomic mass is 79.9. The van der Waals surface area contributed by atoms with E-state index in [9.17, 15) is 13.2 Å². The van der Waals surface area contributed by atoms with Crippen molar-refractivity contribution in [1.29, 1.82) is 0 Å². The summed E-state index contributed by atoms with van der Waals surface area (Å²) >= 11 is 3.32. The van der Waals surface area contributed by atoms with Crippen molar-refractivity contribution in [3.8, 4) is 0 Å². The lowest BCUT2D eigenvalue weighted by atomic mass is 10.2. The number of benzene rings is 2. The fourth-order valence-electron chi connectivity index (χ4n) is 1.69. The van der Waals surface area contributed by atoms with Crippen molar-refractivity contribution < 1.29 is 13.2 Å². The van der Waals surface area contributed by atoms with Crippen molar-refractivity contribution in [3.05, 3.63) is 52.5 Å². The minimum Gasteiger partial charge on any atom is -0.399 e. The van der Waals surface area contributed by atoms with Crippen LogP contribution in [0.2, 0.25) is 0 Å². The fourth-order valence-corrected chi connectivity index (χ4v) is 2.66. The van der Waals surface area contributed by atoms with Crippen molar-refractivity contribution >= 4 is 43.0 Å². The fraction of sp³-hybridized carbons (Fsp3) is 0.0714. The van der Waals surface area contributed by atoms with Crippen LogP contribution in [-0.4, -0.2) is 20.6 Å². The molecule has 0 saturated heterocycles. The lowest BCUT2D eigenvalue weighted by Crippen LogP contribution is -2.12. The maximum absolute atomic E-state index is 12.1. The van der Waals surface area contributed by atoms with Crippen LogP contribution in [0.25, 0.3) is 0 Å². The van der Waals surface area contributed by atoms with Gasteiger partial charge in [0.2, 0.25) is 0 Å². The van der Waals surface area contributed by atoms with E-state index < -0.39 is 9.84 Å². The van der Waals surface area contributed by atoms with Crippen LogP contribution >= 0.6 is 15.9 Å². The topological polar surface area (TPSA) is 89.3 Å². The Balaban J connectivity index is 2.23. The second kappa shape index (κ2) is 5.87. The molecular formula is C14H13BrN2O3S. The number of hydrogen-bond acceptors (Lipinski definition) is 4. The number of halogens is 1. The molecule has 2 aromatic rings. The van der Waals surface area contributed by atoms with Gasteiger partial charge in [0.1, 0.15) is 0 Å². The van der Waals surface area contributed by atoms with Gasteiger partial charge in [0.25, 0.3) is 5.91 Å². The number of carbonyl (C=O) groups is 1. The highest BCUT2D eigenvalue weighted by Crippen LogP contribution is 2.25. The first kappa shape index (κ1) is 15.5. The molecule has 0 aliphatic rings. The van der Waals surface area contributed by atoms with Crippen LogP contribution in [0.3, 0.4) is 0 Å². The van der Waals surface area contributed by atoms with Gasteiger partial charge < -0.3 is 11.1 Å². The SMILES string of the molecule is CS(=O)(=O)c1ccc(C(=O)Nc2cc(N)ccc2Br)cc1. The van der Waals surface area contributed by atoms with Gasteiger partial charge in [-0.1, -0.05) is 0 Å². The third-order valence-corrected chi connectivity index (χ3v) is 4.60. The third-order valence-electron chi connectivity index (χ3n) is 2.78. The van der Waals surface area contributed by atoms with Gasteiger partial charge in [0.15, 0.2) is 9.84 Å². The van der Waals surface area contributed by atoms with E-state index in [2.05, 4.69) is 21.2 Å². The highest BCUT2D eigenvalue weighted by molar-refractivity contribution is 9.10. The van der Waals surface area contributed by atoms with E-state index in [1.807, 2.05) is 0 Å². The third kappa shape index (κ3) is 3.83. The molecule has 5 nitrogen and oxygen atoms in total. The molecule has 0 bridgehead atoms. The molecule has 110 valence electrons. The number of amides is 1. The number of rotatable bonds is 3. The van der Waals surface area contributed by atoms with Crippen LogP contribution < -0.4 is 11.1 Å². The molecule has 2 rings (SSSR count). The predicted molar refractivity (Wildman–Crippen MR) is 86.1 cm³/mol. The number of nitrogen functional groups attached to an aromatic ring is 1. The lowest BCUT2D eigenvalue weighted by molar-refractivity contribution is 0.102. The Morgan fingerprint density at radius 2 is 1.76 bits per heavy atom. The van der Waals surface area contributed by atoms with Gasteiger partial charge in [-0.15, -0.1) is 0 Å². The Kier molecular flexibility index (Phi) is 4.34. The van der Waals surface area contributed by atoms with E-state index in [1.165, 1.54) is 24.3 Å². The summed E-state index contributed by atoms with van der Waals surface area (Å²) in [7, 11) is -3.27. The molecule has 0 aliphatic heterocycles. The zero-order valence-electron chi connectivity index (χ0n) is 11.1. The van der Waals surface area contributed by atoms with Gasteiger partial charge in [0, 0.05) is 22.0 Å². The minimum absolute atomic E-state index is 0.171. The van der Waals surface area contributed by atoms with Crippen LogP contribution in [-0.2, 0) is 9.84 Å². The Hall–Kier alpha value is -1.86. The standard InChI is InChI=1S/C14H13BrN2O3S/c1-21(19,20)11-5-2-9(3-6-11)14(18)17-13-8-10(16)4-7-12(13)15/h2-8H,16H2,1H3,(H,17,18). The molecule has 0 heterocycles. The average molecular weight is 369 g/mol. The monoisotopic (exact) mass is 368 g/mol. The van der Waals surface area contributed by atoms with Crippen molar-refractivity contribution in [2.24, 2.45) is 0 Å². The number of anilines is 2. The van der Waals surface area contributed by atoms with Gasteiger partial charge in [-0.05, 0) is 58.4 Å². The molecule has 0 aromatic heterocycles. The number of nitrogens with two attached hydrogens (primary N) is 1. The van der Waals surface area contributed by atoms with E-state index in [-0.39, 0.29) is 10.8 Å². The molecule has 0 radical (unpaired) electrons. The summed E-state index contributed by atoms with van der Waals surface area (Å²) in [6.45, 7) is 0. The number of hydrogen-bond donors (Lipinski definition) is 2. The molecule has 0 spiro atoms. The van der Waals surface area contributed by atoms with Crippen LogP contribution in [0.4, 0.5) is 11.4 Å². The zero-order valence-corrected chi connectivity index (χ0v) is 13.5. The molecule has 0 unspecified atom stereocenters. The highest BCUT2D eigenvalue weighted by Gasteiger charge is 2.11. The molecule has 3 N–H and O–H groups in total. The Bertz CT molecular complexity index is 786. The summed E-state index contributed by atoms with van der Waals surface area (Å²) in [6.07, 6.45) is 1.12. The molecule has 2 aromatic carbocycles. The summed E-state index contributed by atoms with van der Waals surface area (Å²) in [5, 5.41) is 2.71. The van der Waals surface area contributed by atoms with Crippen molar-refractivity contribution in [2.45, 2.75) is 4.90 Å². The zero-order chi connectivity index (χ0) is 15.6. The normalized spacial score (nSPS) is 11.1.